The van der Waals surface area contributed by atoms with Crippen molar-refractivity contribution in [1.29, 1.82) is 5.26 Å². The zero-order chi connectivity index (χ0) is 27.9. The van der Waals surface area contributed by atoms with Crippen LogP contribution in [0.4, 0.5) is 14.9 Å². The van der Waals surface area contributed by atoms with Crippen LogP contribution in [0.15, 0.2) is 18.2 Å². The number of benzene rings is 1. The fourth-order valence-electron chi connectivity index (χ4n) is 6.82. The van der Waals surface area contributed by atoms with Crippen molar-refractivity contribution in [2.45, 2.75) is 83.0 Å². The van der Waals surface area contributed by atoms with Crippen molar-refractivity contribution in [3.05, 3.63) is 29.6 Å². The predicted octanol–water partition coefficient (Wildman–Crippen LogP) is 3.13. The summed E-state index contributed by atoms with van der Waals surface area (Å²) in [6, 6.07) is 5.42. The number of anilines is 1. The van der Waals surface area contributed by atoms with Crippen LogP contribution in [0.2, 0.25) is 0 Å². The Kier molecular flexibility index (Phi) is 7.45. The molecular formula is C29H38FN5O4. The molecule has 10 heteroatoms. The number of likely N-dealkylation sites (tertiary alicyclic amines) is 1. The van der Waals surface area contributed by atoms with Gasteiger partial charge in [0.05, 0.1) is 6.07 Å². The maximum Gasteiger partial charge on any atom is 0.411 e. The summed E-state index contributed by atoms with van der Waals surface area (Å²) in [5, 5.41) is 15.5. The van der Waals surface area contributed by atoms with E-state index in [-0.39, 0.29) is 36.1 Å². The second kappa shape index (κ2) is 10.7. The summed E-state index contributed by atoms with van der Waals surface area (Å²) >= 11 is 0. The van der Waals surface area contributed by atoms with E-state index in [1.165, 1.54) is 11.0 Å². The number of rotatable bonds is 5. The summed E-state index contributed by atoms with van der Waals surface area (Å²) in [4.78, 5) is 42.0. The van der Waals surface area contributed by atoms with Crippen LogP contribution >= 0.6 is 0 Å². The molecule has 2 bridgehead atoms. The fraction of sp³-hybridized carbons (Fsp3) is 0.655. The lowest BCUT2D eigenvalue weighted by atomic mass is 9.80. The monoisotopic (exact) mass is 539 g/mol. The van der Waals surface area contributed by atoms with Crippen LogP contribution in [0.1, 0.15) is 58.4 Å². The molecular weight excluding hydrogens is 501 g/mol. The number of fused-ring (bicyclic) bond motifs is 3. The Morgan fingerprint density at radius 2 is 2.03 bits per heavy atom. The number of nitriles is 1. The van der Waals surface area contributed by atoms with Crippen molar-refractivity contribution >= 4 is 23.6 Å². The minimum absolute atomic E-state index is 0.0203. The molecule has 2 N–H and O–H groups in total. The van der Waals surface area contributed by atoms with Crippen LogP contribution in [-0.2, 0) is 20.7 Å². The third-order valence-corrected chi connectivity index (χ3v) is 8.64. The van der Waals surface area contributed by atoms with Gasteiger partial charge < -0.3 is 20.3 Å². The van der Waals surface area contributed by atoms with Gasteiger partial charge >= 0.3 is 6.09 Å². The number of carbonyl (C=O) groups is 3. The van der Waals surface area contributed by atoms with E-state index >= 15 is 4.39 Å². The lowest BCUT2D eigenvalue weighted by molar-refractivity contribution is -0.129. The van der Waals surface area contributed by atoms with Gasteiger partial charge in [-0.15, -0.1) is 0 Å². The van der Waals surface area contributed by atoms with Crippen molar-refractivity contribution in [2.24, 2.45) is 17.8 Å². The average molecular weight is 540 g/mol. The molecule has 6 atom stereocenters. The van der Waals surface area contributed by atoms with Gasteiger partial charge in [-0.2, -0.15) is 5.26 Å². The normalized spacial score (nSPS) is 28.8. The Morgan fingerprint density at radius 1 is 1.23 bits per heavy atom. The van der Waals surface area contributed by atoms with E-state index < -0.39 is 35.5 Å². The molecule has 1 aromatic carbocycles. The third-order valence-electron chi connectivity index (χ3n) is 8.64. The first-order valence-electron chi connectivity index (χ1n) is 14.1. The second-order valence-corrected chi connectivity index (χ2v) is 12.4. The minimum atomic E-state index is -0.936. The van der Waals surface area contributed by atoms with Crippen molar-refractivity contribution in [3.8, 4) is 6.07 Å². The number of ether oxygens (including phenoxy) is 1. The standard InChI is InChI=1S/C29H38FN5O4/c1-29(2,3)39-28(38)35-22-7-5-18(13-22)25(35)27(37)33-20(15-31)12-17-4-6-21(14-24(17)30)34-11-9-23-19(16-34)8-10-32-26(23)36/h4,6,14,18-20,22-23,25H,5,7-13,16H2,1-3H3,(H,32,36)(H,33,37)/t18-,19?,20-,22+,23?,25-/m0/s1. The lowest BCUT2D eigenvalue weighted by Crippen LogP contribution is -2.55. The van der Waals surface area contributed by atoms with E-state index in [1.807, 2.05) is 6.07 Å². The molecule has 9 nitrogen and oxygen atoms in total. The van der Waals surface area contributed by atoms with Crippen LogP contribution in [0.25, 0.3) is 0 Å². The van der Waals surface area contributed by atoms with Gasteiger partial charge in [-0.3, -0.25) is 14.5 Å². The molecule has 2 unspecified atom stereocenters. The molecule has 0 aromatic heterocycles. The molecule has 1 aromatic rings. The molecule has 39 heavy (non-hydrogen) atoms. The molecule has 3 saturated heterocycles. The predicted molar refractivity (Wildman–Crippen MR) is 142 cm³/mol. The Morgan fingerprint density at radius 3 is 2.74 bits per heavy atom. The van der Waals surface area contributed by atoms with E-state index in [2.05, 4.69) is 21.6 Å². The van der Waals surface area contributed by atoms with Gasteiger partial charge in [0.1, 0.15) is 23.5 Å². The number of nitrogens with zero attached hydrogens (tertiary/aromatic N) is 3. The first-order chi connectivity index (χ1) is 18.5. The Balaban J connectivity index is 1.22. The largest absolute Gasteiger partial charge is 0.444 e. The molecule has 4 aliphatic rings. The molecule has 5 rings (SSSR count). The molecule has 0 radical (unpaired) electrons. The Hall–Kier alpha value is -3.35. The quantitative estimate of drug-likeness (QED) is 0.594. The summed E-state index contributed by atoms with van der Waals surface area (Å²) in [5.74, 6) is -0.384. The average Bonchev–Trinajstić information content (AvgIpc) is 3.50. The smallest absolute Gasteiger partial charge is 0.411 e. The van der Waals surface area contributed by atoms with Crippen LogP contribution in [0.3, 0.4) is 0 Å². The van der Waals surface area contributed by atoms with Crippen molar-refractivity contribution in [2.75, 3.05) is 24.5 Å². The van der Waals surface area contributed by atoms with Crippen LogP contribution < -0.4 is 15.5 Å². The van der Waals surface area contributed by atoms with Crippen LogP contribution in [-0.4, -0.2) is 66.2 Å². The number of nitrogens with one attached hydrogen (secondary N) is 2. The maximum absolute atomic E-state index is 15.2. The van der Waals surface area contributed by atoms with Crippen LogP contribution in [0, 0.1) is 34.9 Å². The van der Waals surface area contributed by atoms with Crippen molar-refractivity contribution in [3.63, 3.8) is 0 Å². The van der Waals surface area contributed by atoms with Crippen LogP contribution in [0.5, 0.6) is 0 Å². The minimum Gasteiger partial charge on any atom is -0.444 e. The van der Waals surface area contributed by atoms with E-state index in [4.69, 9.17) is 4.74 Å². The SMILES string of the molecule is CC(C)(C)OC(=O)N1[C@@H]2CC[C@@H](C2)[C@H]1C(=O)N[C@H](C#N)Cc1ccc(N2CCC3C(=O)NCCC3C2)cc1F. The van der Waals surface area contributed by atoms with E-state index in [0.717, 1.165) is 37.8 Å². The molecule has 1 saturated carbocycles. The molecule has 3 heterocycles. The zero-order valence-corrected chi connectivity index (χ0v) is 22.9. The Bertz CT molecular complexity index is 1180. The number of halogens is 1. The van der Waals surface area contributed by atoms with Gasteiger partial charge in [0.2, 0.25) is 11.8 Å². The van der Waals surface area contributed by atoms with Crippen molar-refractivity contribution in [1.82, 2.24) is 15.5 Å². The topological polar surface area (TPSA) is 115 Å². The van der Waals surface area contributed by atoms with Gasteiger partial charge in [0, 0.05) is 43.7 Å². The highest BCUT2D eigenvalue weighted by Crippen LogP contribution is 2.43. The first kappa shape index (κ1) is 27.2. The molecule has 1 aliphatic carbocycles. The van der Waals surface area contributed by atoms with Gasteiger partial charge in [-0.25, -0.2) is 9.18 Å². The van der Waals surface area contributed by atoms with Gasteiger partial charge in [-0.05, 0) is 82.4 Å². The first-order valence-corrected chi connectivity index (χ1v) is 14.1. The summed E-state index contributed by atoms with van der Waals surface area (Å²) in [5.41, 5.74) is 0.419. The van der Waals surface area contributed by atoms with Crippen molar-refractivity contribution < 1.29 is 23.5 Å². The number of hydrogen-bond acceptors (Lipinski definition) is 6. The molecule has 3 amide bonds. The maximum atomic E-state index is 15.2. The number of piperidine rings is 3. The molecule has 0 spiro atoms. The van der Waals surface area contributed by atoms with E-state index in [9.17, 15) is 19.6 Å². The highest BCUT2D eigenvalue weighted by atomic mass is 19.1. The molecule has 4 fully saturated rings. The highest BCUT2D eigenvalue weighted by Gasteiger charge is 2.52. The Labute approximate surface area is 229 Å². The fourth-order valence-corrected chi connectivity index (χ4v) is 6.82. The lowest BCUT2D eigenvalue weighted by Gasteiger charge is -2.41. The van der Waals surface area contributed by atoms with E-state index in [0.29, 0.717) is 25.2 Å². The molecule has 210 valence electrons. The van der Waals surface area contributed by atoms with Gasteiger partial charge in [-0.1, -0.05) is 6.07 Å². The van der Waals surface area contributed by atoms with Gasteiger partial charge in [0.25, 0.3) is 0 Å². The second-order valence-electron chi connectivity index (χ2n) is 12.4. The summed E-state index contributed by atoms with van der Waals surface area (Å²) in [6.45, 7) is 7.44. The summed E-state index contributed by atoms with van der Waals surface area (Å²) < 4.78 is 20.8. The molecule has 3 aliphatic heterocycles. The number of hydrogen-bond donors (Lipinski definition) is 2. The highest BCUT2D eigenvalue weighted by molar-refractivity contribution is 5.87. The summed E-state index contributed by atoms with van der Waals surface area (Å²) in [6.07, 6.45) is 3.59. The third kappa shape index (κ3) is 5.68. The number of carbonyl (C=O) groups excluding carboxylic acids is 3. The zero-order valence-electron chi connectivity index (χ0n) is 22.9. The summed E-state index contributed by atoms with van der Waals surface area (Å²) in [7, 11) is 0. The van der Waals surface area contributed by atoms with Gasteiger partial charge in [0.15, 0.2) is 0 Å². The number of amides is 3. The van der Waals surface area contributed by atoms with E-state index in [1.54, 1.807) is 26.8 Å².